The summed E-state index contributed by atoms with van der Waals surface area (Å²) in [5, 5.41) is 0. The fourth-order valence-corrected chi connectivity index (χ4v) is 2.83. The van der Waals surface area contributed by atoms with E-state index in [1.54, 1.807) is 24.3 Å². The van der Waals surface area contributed by atoms with Gasteiger partial charge in [0.1, 0.15) is 0 Å². The summed E-state index contributed by atoms with van der Waals surface area (Å²) in [4.78, 5) is 14.1. The van der Waals surface area contributed by atoms with Gasteiger partial charge in [-0.1, -0.05) is 12.1 Å². The van der Waals surface area contributed by atoms with Gasteiger partial charge in [-0.25, -0.2) is 8.78 Å². The van der Waals surface area contributed by atoms with Gasteiger partial charge in [0.15, 0.2) is 17.4 Å². The number of ether oxygens (including phenoxy) is 1. The number of methoxy groups -OCH3 is 1. The molecule has 0 atom stereocenters. The highest BCUT2D eigenvalue weighted by molar-refractivity contribution is 5.94. The van der Waals surface area contributed by atoms with E-state index in [0.717, 1.165) is 25.9 Å². The van der Waals surface area contributed by atoms with Crippen molar-refractivity contribution in [3.63, 3.8) is 0 Å². The Balaban J connectivity index is 1.86. The average molecular weight is 317 g/mol. The Morgan fingerprint density at radius 3 is 2.09 bits per heavy atom. The van der Waals surface area contributed by atoms with Gasteiger partial charge in [0.25, 0.3) is 5.91 Å². The number of rotatable bonds is 3. The van der Waals surface area contributed by atoms with Crippen molar-refractivity contribution in [3.05, 3.63) is 53.6 Å². The molecule has 1 aliphatic rings. The third-order valence-electron chi connectivity index (χ3n) is 4.06. The molecule has 2 aromatic carbocycles. The highest BCUT2D eigenvalue weighted by Crippen LogP contribution is 2.29. The molecule has 5 heteroatoms. The standard InChI is InChI=1S/C18H17F2NO2/c1-23-17-15(19)10-14(11-16(17)20)12-4-6-13(7-5-12)18(22)21-8-2-3-9-21/h4-7,10-11H,2-3,8-9H2,1H3. The molecule has 1 aliphatic heterocycles. The Labute approximate surface area is 133 Å². The van der Waals surface area contributed by atoms with Gasteiger partial charge >= 0.3 is 0 Å². The van der Waals surface area contributed by atoms with Crippen LogP contribution in [0.2, 0.25) is 0 Å². The highest BCUT2D eigenvalue weighted by Gasteiger charge is 2.19. The van der Waals surface area contributed by atoms with Gasteiger partial charge in [-0.05, 0) is 48.2 Å². The second kappa shape index (κ2) is 6.36. The summed E-state index contributed by atoms with van der Waals surface area (Å²) in [7, 11) is 1.22. The number of hydrogen-bond acceptors (Lipinski definition) is 2. The lowest BCUT2D eigenvalue weighted by atomic mass is 10.0. The molecule has 2 aromatic rings. The Kier molecular flexibility index (Phi) is 4.28. The molecule has 3 nitrogen and oxygen atoms in total. The predicted octanol–water partition coefficient (Wildman–Crippen LogP) is 3.88. The van der Waals surface area contributed by atoms with Crippen molar-refractivity contribution < 1.29 is 18.3 Å². The van der Waals surface area contributed by atoms with E-state index in [-0.39, 0.29) is 5.91 Å². The Morgan fingerprint density at radius 1 is 1.00 bits per heavy atom. The summed E-state index contributed by atoms with van der Waals surface area (Å²) < 4.78 is 32.2. The molecule has 0 aliphatic carbocycles. The number of hydrogen-bond donors (Lipinski definition) is 0. The summed E-state index contributed by atoms with van der Waals surface area (Å²) in [6.07, 6.45) is 2.07. The van der Waals surface area contributed by atoms with Gasteiger partial charge in [0.05, 0.1) is 7.11 Å². The summed E-state index contributed by atoms with van der Waals surface area (Å²) in [6.45, 7) is 1.57. The smallest absolute Gasteiger partial charge is 0.253 e. The predicted molar refractivity (Wildman–Crippen MR) is 83.5 cm³/mol. The first-order chi connectivity index (χ1) is 11.1. The Morgan fingerprint density at radius 2 is 1.57 bits per heavy atom. The first-order valence-electron chi connectivity index (χ1n) is 7.53. The number of amides is 1. The number of likely N-dealkylation sites (tertiary alicyclic amines) is 1. The van der Waals surface area contributed by atoms with Crippen LogP contribution >= 0.6 is 0 Å². The maximum absolute atomic E-state index is 13.8. The van der Waals surface area contributed by atoms with Crippen LogP contribution in [0.15, 0.2) is 36.4 Å². The zero-order valence-electron chi connectivity index (χ0n) is 12.8. The van der Waals surface area contributed by atoms with Crippen molar-refractivity contribution >= 4 is 5.91 Å². The number of carbonyl (C=O) groups is 1. The summed E-state index contributed by atoms with van der Waals surface area (Å²) in [6, 6.07) is 9.22. The molecule has 1 heterocycles. The minimum atomic E-state index is -0.750. The van der Waals surface area contributed by atoms with E-state index in [1.165, 1.54) is 19.2 Å². The molecule has 0 unspecified atom stereocenters. The molecule has 0 radical (unpaired) electrons. The van der Waals surface area contributed by atoms with Crippen molar-refractivity contribution in [3.8, 4) is 16.9 Å². The van der Waals surface area contributed by atoms with Crippen molar-refractivity contribution in [2.45, 2.75) is 12.8 Å². The van der Waals surface area contributed by atoms with E-state index >= 15 is 0 Å². The number of halogens is 2. The van der Waals surface area contributed by atoms with Gasteiger partial charge in [-0.2, -0.15) is 0 Å². The van der Waals surface area contributed by atoms with Crippen LogP contribution in [-0.4, -0.2) is 31.0 Å². The topological polar surface area (TPSA) is 29.5 Å². The molecular weight excluding hydrogens is 300 g/mol. The van der Waals surface area contributed by atoms with E-state index in [1.807, 2.05) is 4.90 Å². The molecule has 0 saturated carbocycles. The lowest BCUT2D eigenvalue weighted by molar-refractivity contribution is 0.0793. The fraction of sp³-hybridized carbons (Fsp3) is 0.278. The maximum atomic E-state index is 13.8. The van der Waals surface area contributed by atoms with Crippen LogP contribution < -0.4 is 4.74 Å². The summed E-state index contributed by atoms with van der Waals surface area (Å²) in [5.74, 6) is -1.89. The van der Waals surface area contributed by atoms with Gasteiger partial charge in [0.2, 0.25) is 0 Å². The lowest BCUT2D eigenvalue weighted by Gasteiger charge is -2.15. The Bertz CT molecular complexity index is 699. The van der Waals surface area contributed by atoms with E-state index in [2.05, 4.69) is 4.74 Å². The van der Waals surface area contributed by atoms with Crippen LogP contribution in [0, 0.1) is 11.6 Å². The van der Waals surface area contributed by atoms with E-state index in [0.29, 0.717) is 16.7 Å². The SMILES string of the molecule is COc1c(F)cc(-c2ccc(C(=O)N3CCCC3)cc2)cc1F. The molecule has 0 spiro atoms. The van der Waals surface area contributed by atoms with Crippen LogP contribution in [-0.2, 0) is 0 Å². The molecule has 120 valence electrons. The molecular formula is C18H17F2NO2. The zero-order chi connectivity index (χ0) is 16.4. The molecule has 3 rings (SSSR count). The van der Waals surface area contributed by atoms with E-state index < -0.39 is 17.4 Å². The number of benzene rings is 2. The molecule has 1 fully saturated rings. The molecule has 1 amide bonds. The van der Waals surface area contributed by atoms with Crippen molar-refractivity contribution in [2.24, 2.45) is 0 Å². The van der Waals surface area contributed by atoms with Crippen molar-refractivity contribution in [1.82, 2.24) is 4.90 Å². The second-order valence-corrected chi connectivity index (χ2v) is 5.55. The van der Waals surface area contributed by atoms with Crippen LogP contribution in [0.1, 0.15) is 23.2 Å². The van der Waals surface area contributed by atoms with Gasteiger partial charge in [0, 0.05) is 18.7 Å². The summed E-state index contributed by atoms with van der Waals surface area (Å²) >= 11 is 0. The molecule has 1 saturated heterocycles. The number of carbonyl (C=O) groups excluding carboxylic acids is 1. The van der Waals surface area contributed by atoms with Crippen LogP contribution in [0.25, 0.3) is 11.1 Å². The highest BCUT2D eigenvalue weighted by atomic mass is 19.1. The minimum absolute atomic E-state index is 0.00106. The van der Waals surface area contributed by atoms with Crippen LogP contribution in [0.4, 0.5) is 8.78 Å². The first-order valence-corrected chi connectivity index (χ1v) is 7.53. The van der Waals surface area contributed by atoms with Gasteiger partial charge in [-0.3, -0.25) is 4.79 Å². The van der Waals surface area contributed by atoms with Crippen molar-refractivity contribution in [2.75, 3.05) is 20.2 Å². The van der Waals surface area contributed by atoms with Crippen molar-refractivity contribution in [1.29, 1.82) is 0 Å². The van der Waals surface area contributed by atoms with Crippen LogP contribution in [0.3, 0.4) is 0 Å². The molecule has 0 N–H and O–H groups in total. The molecule has 0 bridgehead atoms. The number of nitrogens with zero attached hydrogens (tertiary/aromatic N) is 1. The first kappa shape index (κ1) is 15.5. The normalized spacial score (nSPS) is 14.1. The quantitative estimate of drug-likeness (QED) is 0.860. The Hall–Kier alpha value is -2.43. The third-order valence-corrected chi connectivity index (χ3v) is 4.06. The zero-order valence-corrected chi connectivity index (χ0v) is 12.8. The monoisotopic (exact) mass is 317 g/mol. The third kappa shape index (κ3) is 3.04. The maximum Gasteiger partial charge on any atom is 0.253 e. The van der Waals surface area contributed by atoms with E-state index in [4.69, 9.17) is 0 Å². The fourth-order valence-electron chi connectivity index (χ4n) is 2.83. The van der Waals surface area contributed by atoms with E-state index in [9.17, 15) is 13.6 Å². The molecule has 23 heavy (non-hydrogen) atoms. The minimum Gasteiger partial charge on any atom is -0.491 e. The van der Waals surface area contributed by atoms with Gasteiger partial charge in [-0.15, -0.1) is 0 Å². The largest absolute Gasteiger partial charge is 0.491 e. The van der Waals surface area contributed by atoms with Gasteiger partial charge < -0.3 is 9.64 Å². The summed E-state index contributed by atoms with van der Waals surface area (Å²) in [5.41, 5.74) is 1.63. The van der Waals surface area contributed by atoms with Crippen LogP contribution in [0.5, 0.6) is 5.75 Å². The molecule has 0 aromatic heterocycles. The lowest BCUT2D eigenvalue weighted by Crippen LogP contribution is -2.27. The average Bonchev–Trinajstić information content (AvgIpc) is 3.08. The second-order valence-electron chi connectivity index (χ2n) is 5.55.